The molecular formula is C14H25NO11. The first-order valence-electron chi connectivity index (χ1n) is 8.06. The van der Waals surface area contributed by atoms with Crippen LogP contribution in [0.2, 0.25) is 0 Å². The first kappa shape index (κ1) is 21.4. The van der Waals surface area contributed by atoms with Gasteiger partial charge in [0.2, 0.25) is 5.91 Å². The molecule has 10 atom stereocenters. The number of hydrogen-bond acceptors (Lipinski definition) is 11. The summed E-state index contributed by atoms with van der Waals surface area (Å²) >= 11 is 0. The van der Waals surface area contributed by atoms with E-state index in [-0.39, 0.29) is 0 Å². The van der Waals surface area contributed by atoms with Crippen LogP contribution < -0.4 is 5.32 Å². The van der Waals surface area contributed by atoms with Crippen molar-refractivity contribution in [3.05, 3.63) is 0 Å². The lowest BCUT2D eigenvalue weighted by Crippen LogP contribution is -2.67. The first-order valence-corrected chi connectivity index (χ1v) is 8.06. The maximum Gasteiger partial charge on any atom is 0.217 e. The summed E-state index contributed by atoms with van der Waals surface area (Å²) in [4.78, 5) is 11.4. The lowest BCUT2D eigenvalue weighted by Gasteiger charge is -2.46. The van der Waals surface area contributed by atoms with Crippen LogP contribution in [-0.4, -0.2) is 116 Å². The summed E-state index contributed by atoms with van der Waals surface area (Å²) < 4.78 is 15.7. The molecular weight excluding hydrogens is 358 g/mol. The molecule has 2 aliphatic rings. The van der Waals surface area contributed by atoms with Crippen LogP contribution in [0.5, 0.6) is 0 Å². The molecule has 0 radical (unpaired) electrons. The molecule has 1 amide bonds. The Hall–Kier alpha value is -0.930. The van der Waals surface area contributed by atoms with E-state index in [1.54, 1.807) is 0 Å². The van der Waals surface area contributed by atoms with Crippen molar-refractivity contribution in [2.75, 3.05) is 13.2 Å². The lowest BCUT2D eigenvalue weighted by atomic mass is 9.95. The number of aliphatic hydroxyl groups is 7. The molecule has 4 unspecified atom stereocenters. The second-order valence-corrected chi connectivity index (χ2v) is 6.26. The quantitative estimate of drug-likeness (QED) is 0.226. The Kier molecular flexibility index (Phi) is 7.27. The van der Waals surface area contributed by atoms with Crippen LogP contribution in [0.3, 0.4) is 0 Å². The molecule has 2 rings (SSSR count). The smallest absolute Gasteiger partial charge is 0.217 e. The molecule has 0 spiro atoms. The number of aliphatic hydroxyl groups excluding tert-OH is 7. The summed E-state index contributed by atoms with van der Waals surface area (Å²) in [5.74, 6) is -0.574. The minimum atomic E-state index is -1.74. The third kappa shape index (κ3) is 4.31. The van der Waals surface area contributed by atoms with Crippen LogP contribution in [0.4, 0.5) is 0 Å². The largest absolute Gasteiger partial charge is 0.394 e. The van der Waals surface area contributed by atoms with Gasteiger partial charge < -0.3 is 55.3 Å². The lowest BCUT2D eigenvalue weighted by molar-refractivity contribution is -0.341. The van der Waals surface area contributed by atoms with Crippen molar-refractivity contribution in [3.63, 3.8) is 0 Å². The molecule has 0 aromatic rings. The zero-order chi connectivity index (χ0) is 19.6. The van der Waals surface area contributed by atoms with Gasteiger partial charge in [0, 0.05) is 6.92 Å². The molecule has 12 heteroatoms. The van der Waals surface area contributed by atoms with E-state index in [1.807, 2.05) is 0 Å². The van der Waals surface area contributed by atoms with Gasteiger partial charge in [-0.05, 0) is 0 Å². The van der Waals surface area contributed by atoms with Crippen molar-refractivity contribution in [1.29, 1.82) is 0 Å². The highest BCUT2D eigenvalue weighted by molar-refractivity contribution is 5.73. The van der Waals surface area contributed by atoms with E-state index < -0.39 is 80.5 Å². The van der Waals surface area contributed by atoms with E-state index in [2.05, 4.69) is 5.32 Å². The van der Waals surface area contributed by atoms with Gasteiger partial charge in [0.25, 0.3) is 0 Å². The van der Waals surface area contributed by atoms with Gasteiger partial charge in [-0.25, -0.2) is 0 Å². The number of nitrogens with one attached hydrogen (secondary N) is 1. The van der Waals surface area contributed by atoms with E-state index in [1.165, 1.54) is 0 Å². The van der Waals surface area contributed by atoms with Crippen LogP contribution in [0.25, 0.3) is 0 Å². The molecule has 26 heavy (non-hydrogen) atoms. The normalized spacial score (nSPS) is 46.8. The Morgan fingerprint density at radius 1 is 0.923 bits per heavy atom. The Balaban J connectivity index is 2.21. The van der Waals surface area contributed by atoms with Crippen molar-refractivity contribution < 1.29 is 54.8 Å². The van der Waals surface area contributed by atoms with Crippen LogP contribution in [0.1, 0.15) is 6.92 Å². The fourth-order valence-electron chi connectivity index (χ4n) is 2.97. The topological polar surface area (TPSA) is 198 Å². The highest BCUT2D eigenvalue weighted by Crippen LogP contribution is 2.28. The highest BCUT2D eigenvalue weighted by Gasteiger charge is 2.50. The summed E-state index contributed by atoms with van der Waals surface area (Å²) in [6.45, 7) is -0.195. The van der Waals surface area contributed by atoms with Crippen LogP contribution in [-0.2, 0) is 19.0 Å². The van der Waals surface area contributed by atoms with Crippen LogP contribution >= 0.6 is 0 Å². The average molecular weight is 383 g/mol. The Labute approximate surface area is 148 Å². The van der Waals surface area contributed by atoms with Gasteiger partial charge in [0.1, 0.15) is 48.8 Å². The van der Waals surface area contributed by atoms with E-state index in [4.69, 9.17) is 14.2 Å². The van der Waals surface area contributed by atoms with Gasteiger partial charge in [-0.15, -0.1) is 0 Å². The fourth-order valence-corrected chi connectivity index (χ4v) is 2.97. The first-order chi connectivity index (χ1) is 12.2. The average Bonchev–Trinajstić information content (AvgIpc) is 2.60. The zero-order valence-corrected chi connectivity index (χ0v) is 14.0. The molecule has 2 fully saturated rings. The van der Waals surface area contributed by atoms with Crippen molar-refractivity contribution in [2.45, 2.75) is 68.3 Å². The summed E-state index contributed by atoms with van der Waals surface area (Å²) in [6.07, 6.45) is -13.7. The summed E-state index contributed by atoms with van der Waals surface area (Å²) in [5, 5.41) is 70.7. The molecule has 2 aliphatic heterocycles. The Morgan fingerprint density at radius 2 is 1.50 bits per heavy atom. The second kappa shape index (κ2) is 8.84. The van der Waals surface area contributed by atoms with Crippen molar-refractivity contribution in [2.24, 2.45) is 0 Å². The van der Waals surface area contributed by atoms with E-state index in [0.717, 1.165) is 6.92 Å². The molecule has 2 saturated heterocycles. The maximum absolute atomic E-state index is 11.4. The predicted octanol–water partition coefficient (Wildman–Crippen LogP) is -5.25. The number of ether oxygens (including phenoxy) is 3. The molecule has 0 aliphatic carbocycles. The van der Waals surface area contributed by atoms with Crippen LogP contribution in [0.15, 0.2) is 0 Å². The van der Waals surface area contributed by atoms with Gasteiger partial charge in [-0.1, -0.05) is 0 Å². The second-order valence-electron chi connectivity index (χ2n) is 6.26. The Morgan fingerprint density at radius 3 is 2.04 bits per heavy atom. The van der Waals surface area contributed by atoms with Gasteiger partial charge in [-0.3, -0.25) is 4.79 Å². The molecule has 0 bridgehead atoms. The maximum atomic E-state index is 11.4. The van der Waals surface area contributed by atoms with Gasteiger partial charge in [-0.2, -0.15) is 0 Å². The minimum absolute atomic E-state index is 0.574. The number of hydrogen-bond donors (Lipinski definition) is 8. The van der Waals surface area contributed by atoms with Crippen LogP contribution in [0, 0.1) is 0 Å². The molecule has 152 valence electrons. The summed E-state index contributed by atoms with van der Waals surface area (Å²) in [7, 11) is 0. The number of amides is 1. The van der Waals surface area contributed by atoms with E-state index in [9.17, 15) is 40.5 Å². The molecule has 0 aromatic carbocycles. The number of carbonyl (C=O) groups is 1. The minimum Gasteiger partial charge on any atom is -0.394 e. The number of carbonyl (C=O) groups excluding carboxylic acids is 1. The molecule has 12 nitrogen and oxygen atoms in total. The van der Waals surface area contributed by atoms with Crippen molar-refractivity contribution in [3.8, 4) is 0 Å². The van der Waals surface area contributed by atoms with Crippen molar-refractivity contribution in [1.82, 2.24) is 5.32 Å². The third-order valence-corrected chi connectivity index (χ3v) is 4.38. The van der Waals surface area contributed by atoms with Gasteiger partial charge in [0.15, 0.2) is 12.6 Å². The SMILES string of the molecule is CC(=O)N[C@H]1C(O[C@@H]2OC(CO)[C@H](O)C(O)[C@@H]2O)[C@H](O)C(CO)O[C@H]1O. The van der Waals surface area contributed by atoms with Crippen molar-refractivity contribution >= 4 is 5.91 Å². The molecule has 2 heterocycles. The molecule has 0 aromatic heterocycles. The molecule has 8 N–H and O–H groups in total. The zero-order valence-electron chi connectivity index (χ0n) is 14.0. The Bertz CT molecular complexity index is 478. The molecule has 0 saturated carbocycles. The fraction of sp³-hybridized carbons (Fsp3) is 0.929. The summed E-state index contributed by atoms with van der Waals surface area (Å²) in [6, 6.07) is -1.28. The van der Waals surface area contributed by atoms with Gasteiger partial charge in [0.05, 0.1) is 13.2 Å². The van der Waals surface area contributed by atoms with Gasteiger partial charge >= 0.3 is 0 Å². The summed E-state index contributed by atoms with van der Waals surface area (Å²) in [5.41, 5.74) is 0. The predicted molar refractivity (Wildman–Crippen MR) is 80.2 cm³/mol. The van der Waals surface area contributed by atoms with E-state index in [0.29, 0.717) is 0 Å². The van der Waals surface area contributed by atoms with E-state index >= 15 is 0 Å². The monoisotopic (exact) mass is 383 g/mol. The standard InChI is InChI=1S/C14H25NO11/c1-4(18)15-7-12(9(20)6(3-17)24-13(7)23)26-14-11(22)10(21)8(19)5(2-16)25-14/h5-14,16-17,19-23H,2-3H2,1H3,(H,15,18)/t5?,6?,7-,8-,9+,10?,11-,12?,13+,14-/m0/s1. The third-order valence-electron chi connectivity index (χ3n) is 4.38. The number of rotatable bonds is 5. The highest BCUT2D eigenvalue weighted by atomic mass is 16.7.